The number of halogens is 1. The molecule has 0 amide bonds. The van der Waals surface area contributed by atoms with Crippen molar-refractivity contribution in [1.82, 2.24) is 0 Å². The molecule has 3 N–H and O–H groups in total. The van der Waals surface area contributed by atoms with Gasteiger partial charge in [0.05, 0.1) is 10.7 Å². The van der Waals surface area contributed by atoms with Gasteiger partial charge in [0.2, 0.25) is 0 Å². The number of amidine groups is 1. The Hall–Kier alpha value is -0.770. The first-order valence-electron chi connectivity index (χ1n) is 2.29. The van der Waals surface area contributed by atoms with E-state index in [0.29, 0.717) is 5.76 Å². The van der Waals surface area contributed by atoms with Crippen LogP contribution in [0.1, 0.15) is 5.76 Å². The van der Waals surface area contributed by atoms with Crippen LogP contribution < -0.4 is 5.73 Å². The molecule has 0 fully saturated rings. The average molecular weight is 189 g/mol. The normalized spacial score (nSPS) is 9.44. The average Bonchev–Trinajstić information content (AvgIpc) is 2.13. The Bertz CT molecular complexity index is 231. The van der Waals surface area contributed by atoms with Gasteiger partial charge in [-0.3, -0.25) is 5.41 Å². The van der Waals surface area contributed by atoms with E-state index < -0.39 is 0 Å². The molecular weight excluding hydrogens is 184 g/mol. The maximum absolute atomic E-state index is 6.95. The first kappa shape index (κ1) is 6.35. The predicted molar refractivity (Wildman–Crippen MR) is 37.4 cm³/mol. The van der Waals surface area contributed by atoms with Crippen LogP contribution in [0.5, 0.6) is 0 Å². The molecule has 0 aliphatic rings. The summed E-state index contributed by atoms with van der Waals surface area (Å²) in [5.41, 5.74) is 5.12. The van der Waals surface area contributed by atoms with Gasteiger partial charge in [0.1, 0.15) is 0 Å². The molecule has 0 bridgehead atoms. The SMILES string of the molecule is N=C(N)c1occc1Br. The minimum Gasteiger partial charge on any atom is -0.460 e. The summed E-state index contributed by atoms with van der Waals surface area (Å²) >= 11 is 3.15. The number of rotatable bonds is 1. The molecule has 0 aliphatic heterocycles. The van der Waals surface area contributed by atoms with Gasteiger partial charge in [-0.1, -0.05) is 0 Å². The quantitative estimate of drug-likeness (QED) is 0.516. The van der Waals surface area contributed by atoms with E-state index in [9.17, 15) is 0 Å². The second-order valence-corrected chi connectivity index (χ2v) is 2.37. The third-order valence-electron chi connectivity index (χ3n) is 0.862. The largest absolute Gasteiger partial charge is 0.460 e. The van der Waals surface area contributed by atoms with Gasteiger partial charge in [-0.25, -0.2) is 0 Å². The van der Waals surface area contributed by atoms with Crippen molar-refractivity contribution in [2.45, 2.75) is 0 Å². The summed E-state index contributed by atoms with van der Waals surface area (Å²) < 4.78 is 5.55. The van der Waals surface area contributed by atoms with Gasteiger partial charge in [-0.05, 0) is 22.0 Å². The van der Waals surface area contributed by atoms with Crippen LogP contribution in [-0.2, 0) is 0 Å². The summed E-state index contributed by atoms with van der Waals surface area (Å²) in [7, 11) is 0. The fraction of sp³-hybridized carbons (Fsp3) is 0. The molecule has 0 unspecified atom stereocenters. The Kier molecular flexibility index (Phi) is 1.57. The van der Waals surface area contributed by atoms with E-state index in [1.165, 1.54) is 6.26 Å². The number of hydrogen-bond donors (Lipinski definition) is 2. The van der Waals surface area contributed by atoms with E-state index in [4.69, 9.17) is 15.6 Å². The number of nitrogens with one attached hydrogen (secondary N) is 1. The van der Waals surface area contributed by atoms with Crippen molar-refractivity contribution in [2.75, 3.05) is 0 Å². The second kappa shape index (κ2) is 2.23. The Morgan fingerprint density at radius 2 is 2.44 bits per heavy atom. The Morgan fingerprint density at radius 1 is 1.78 bits per heavy atom. The summed E-state index contributed by atoms with van der Waals surface area (Å²) in [4.78, 5) is 0. The number of nitrogens with two attached hydrogens (primary N) is 1. The van der Waals surface area contributed by atoms with E-state index in [0.717, 1.165) is 4.47 Å². The number of nitrogen functional groups attached to an aromatic ring is 1. The van der Waals surface area contributed by atoms with Crippen LogP contribution in [0.15, 0.2) is 21.2 Å². The second-order valence-electron chi connectivity index (χ2n) is 1.51. The molecule has 1 rings (SSSR count). The molecule has 0 saturated heterocycles. The molecule has 0 aromatic carbocycles. The van der Waals surface area contributed by atoms with Crippen molar-refractivity contribution < 1.29 is 4.42 Å². The predicted octanol–water partition coefficient (Wildman–Crippen LogP) is 1.33. The highest BCUT2D eigenvalue weighted by Gasteiger charge is 2.04. The molecule has 0 spiro atoms. The lowest BCUT2D eigenvalue weighted by molar-refractivity contribution is 0.554. The van der Waals surface area contributed by atoms with Gasteiger partial charge in [0.15, 0.2) is 11.6 Å². The minimum atomic E-state index is -0.0631. The van der Waals surface area contributed by atoms with E-state index in [1.54, 1.807) is 6.07 Å². The van der Waals surface area contributed by atoms with Crippen LogP contribution in [0.25, 0.3) is 0 Å². The Labute approximate surface area is 60.5 Å². The Morgan fingerprint density at radius 3 is 2.67 bits per heavy atom. The molecule has 9 heavy (non-hydrogen) atoms. The molecule has 4 heteroatoms. The van der Waals surface area contributed by atoms with Crippen molar-refractivity contribution in [3.05, 3.63) is 22.6 Å². The highest BCUT2D eigenvalue weighted by atomic mass is 79.9. The zero-order valence-electron chi connectivity index (χ0n) is 4.52. The molecule has 0 saturated carbocycles. The molecule has 0 atom stereocenters. The molecule has 0 radical (unpaired) electrons. The Balaban J connectivity index is 3.08. The summed E-state index contributed by atoms with van der Waals surface area (Å²) in [6.45, 7) is 0. The van der Waals surface area contributed by atoms with Gasteiger partial charge in [-0.15, -0.1) is 0 Å². The fourth-order valence-electron chi connectivity index (χ4n) is 0.486. The molecule has 48 valence electrons. The van der Waals surface area contributed by atoms with Crippen molar-refractivity contribution >= 4 is 21.8 Å². The van der Waals surface area contributed by atoms with Gasteiger partial charge in [0, 0.05) is 0 Å². The highest BCUT2D eigenvalue weighted by Crippen LogP contribution is 2.15. The van der Waals surface area contributed by atoms with Gasteiger partial charge in [0.25, 0.3) is 0 Å². The van der Waals surface area contributed by atoms with Crippen molar-refractivity contribution in [1.29, 1.82) is 5.41 Å². The molecule has 3 nitrogen and oxygen atoms in total. The van der Waals surface area contributed by atoms with Crippen molar-refractivity contribution in [3.63, 3.8) is 0 Å². The zero-order chi connectivity index (χ0) is 6.85. The van der Waals surface area contributed by atoms with Gasteiger partial charge in [-0.2, -0.15) is 0 Å². The monoisotopic (exact) mass is 188 g/mol. The lowest BCUT2D eigenvalue weighted by atomic mass is 10.4. The third-order valence-corrected chi connectivity index (χ3v) is 1.49. The highest BCUT2D eigenvalue weighted by molar-refractivity contribution is 9.10. The lowest BCUT2D eigenvalue weighted by Crippen LogP contribution is -2.09. The van der Waals surface area contributed by atoms with Gasteiger partial charge >= 0.3 is 0 Å². The summed E-state index contributed by atoms with van der Waals surface area (Å²) in [6, 6.07) is 1.69. The van der Waals surface area contributed by atoms with Crippen molar-refractivity contribution in [2.24, 2.45) is 5.73 Å². The first-order valence-corrected chi connectivity index (χ1v) is 3.08. The van der Waals surface area contributed by atoms with Crippen LogP contribution in [0.2, 0.25) is 0 Å². The molecule has 0 aliphatic carbocycles. The smallest absolute Gasteiger partial charge is 0.182 e. The number of furan rings is 1. The first-order chi connectivity index (χ1) is 4.22. The van der Waals surface area contributed by atoms with Crippen LogP contribution in [0.3, 0.4) is 0 Å². The topological polar surface area (TPSA) is 63.0 Å². The molecule has 1 aromatic rings. The van der Waals surface area contributed by atoms with E-state index in [2.05, 4.69) is 15.9 Å². The van der Waals surface area contributed by atoms with E-state index in [-0.39, 0.29) is 5.84 Å². The van der Waals surface area contributed by atoms with E-state index in [1.807, 2.05) is 0 Å². The molecule has 1 aromatic heterocycles. The minimum absolute atomic E-state index is 0.0631. The maximum atomic E-state index is 6.95. The van der Waals surface area contributed by atoms with E-state index >= 15 is 0 Å². The van der Waals surface area contributed by atoms with Crippen LogP contribution in [-0.4, -0.2) is 5.84 Å². The molecular formula is C5H5BrN2O. The standard InChI is InChI=1S/C5H5BrN2O/c6-3-1-2-9-4(3)5(7)8/h1-2H,(H3,7,8). The third kappa shape index (κ3) is 1.13. The fourth-order valence-corrected chi connectivity index (χ4v) is 0.901. The van der Waals surface area contributed by atoms with Crippen LogP contribution in [0, 0.1) is 5.41 Å². The van der Waals surface area contributed by atoms with Crippen molar-refractivity contribution in [3.8, 4) is 0 Å². The lowest BCUT2D eigenvalue weighted by Gasteiger charge is -1.89. The molecule has 1 heterocycles. The maximum Gasteiger partial charge on any atom is 0.182 e. The summed E-state index contributed by atoms with van der Waals surface area (Å²) in [5.74, 6) is 0.321. The van der Waals surface area contributed by atoms with Crippen LogP contribution in [0.4, 0.5) is 0 Å². The summed E-state index contributed by atoms with van der Waals surface area (Å²) in [5, 5.41) is 6.95. The zero-order valence-corrected chi connectivity index (χ0v) is 6.10. The summed E-state index contributed by atoms with van der Waals surface area (Å²) in [6.07, 6.45) is 1.47. The van der Waals surface area contributed by atoms with Gasteiger partial charge < -0.3 is 10.2 Å². The number of hydrogen-bond acceptors (Lipinski definition) is 2. The van der Waals surface area contributed by atoms with Crippen LogP contribution >= 0.6 is 15.9 Å².